The zero-order chi connectivity index (χ0) is 7.28. The molecule has 0 aromatic carbocycles. The number of rotatable bonds is 0. The van der Waals surface area contributed by atoms with Crippen molar-refractivity contribution in [1.29, 1.82) is 0 Å². The minimum absolute atomic E-state index is 0.428. The second-order valence-corrected chi connectivity index (χ2v) is 4.17. The Labute approximate surface area is 58.0 Å². The second-order valence-electron chi connectivity index (χ2n) is 4.17. The Morgan fingerprint density at radius 2 is 1.56 bits per heavy atom. The Kier molecular flexibility index (Phi) is 1.08. The summed E-state index contributed by atoms with van der Waals surface area (Å²) in [6.45, 7) is 11.4. The van der Waals surface area contributed by atoms with Crippen molar-refractivity contribution < 1.29 is 0 Å². The summed E-state index contributed by atoms with van der Waals surface area (Å²) >= 11 is 0. The van der Waals surface area contributed by atoms with Crippen LogP contribution in [0, 0.1) is 10.8 Å². The lowest BCUT2D eigenvalue weighted by Gasteiger charge is -2.49. The van der Waals surface area contributed by atoms with Gasteiger partial charge in [0.15, 0.2) is 0 Å². The largest absolute Gasteiger partial charge is 0.0785 e. The lowest BCUT2D eigenvalue weighted by molar-refractivity contribution is 0.165. The van der Waals surface area contributed by atoms with Crippen LogP contribution in [-0.4, -0.2) is 0 Å². The lowest BCUT2D eigenvalue weighted by Crippen LogP contribution is -2.40. The normalized spacial score (nSPS) is 28.8. The van der Waals surface area contributed by atoms with Crippen LogP contribution in [0.2, 0.25) is 0 Å². The van der Waals surface area contributed by atoms with E-state index in [2.05, 4.69) is 40.7 Å². The van der Waals surface area contributed by atoms with E-state index in [1.807, 2.05) is 0 Å². The maximum absolute atomic E-state index is 2.35. The van der Waals surface area contributed by atoms with E-state index < -0.39 is 0 Å². The van der Waals surface area contributed by atoms with E-state index in [1.54, 1.807) is 0 Å². The van der Waals surface area contributed by atoms with Gasteiger partial charge in [-0.2, -0.15) is 0 Å². The Bertz CT molecular complexity index is 159. The summed E-state index contributed by atoms with van der Waals surface area (Å²) in [5, 5.41) is 0. The first kappa shape index (κ1) is 6.85. The predicted molar refractivity (Wildman–Crippen MR) is 41.3 cm³/mol. The molecule has 0 spiro atoms. The molecule has 0 N–H and O–H groups in total. The summed E-state index contributed by atoms with van der Waals surface area (Å²) < 4.78 is 0. The van der Waals surface area contributed by atoms with Gasteiger partial charge in [-0.1, -0.05) is 39.3 Å². The van der Waals surface area contributed by atoms with Gasteiger partial charge in [0.1, 0.15) is 0 Å². The van der Waals surface area contributed by atoms with Crippen molar-refractivity contribution >= 4 is 0 Å². The highest BCUT2D eigenvalue weighted by atomic mass is 14.5. The minimum Gasteiger partial charge on any atom is -0.0785 e. The molecule has 0 unspecified atom stereocenters. The van der Waals surface area contributed by atoms with Crippen LogP contribution in [0.4, 0.5) is 0 Å². The Balaban J connectivity index is 2.94. The van der Waals surface area contributed by atoms with Gasteiger partial charge in [-0.15, -0.1) is 0 Å². The van der Waals surface area contributed by atoms with E-state index >= 15 is 0 Å². The van der Waals surface area contributed by atoms with E-state index in [0.717, 1.165) is 0 Å². The van der Waals surface area contributed by atoms with E-state index in [0.29, 0.717) is 10.8 Å². The van der Waals surface area contributed by atoms with Crippen LogP contribution in [0.15, 0.2) is 11.6 Å². The summed E-state index contributed by atoms with van der Waals surface area (Å²) in [7, 11) is 0. The number of allylic oxidation sites excluding steroid dienone is 2. The molecule has 0 saturated heterocycles. The summed E-state index contributed by atoms with van der Waals surface area (Å²) in [6.07, 6.45) is 2.35. The van der Waals surface area contributed by atoms with E-state index in [9.17, 15) is 0 Å². The Hall–Kier alpha value is -0.260. The molecule has 9 heavy (non-hydrogen) atoms. The third-order valence-corrected chi connectivity index (χ3v) is 3.17. The molecule has 1 aliphatic carbocycles. The molecule has 1 aliphatic rings. The molecule has 0 radical (unpaired) electrons. The molecule has 0 heterocycles. The summed E-state index contributed by atoms with van der Waals surface area (Å²) in [5.41, 5.74) is 2.40. The molecular weight excluding hydrogens is 108 g/mol. The zero-order valence-electron chi connectivity index (χ0n) is 7.08. The molecule has 0 aromatic heterocycles. The topological polar surface area (TPSA) is 0 Å². The van der Waals surface area contributed by atoms with Crippen molar-refractivity contribution in [2.75, 3.05) is 0 Å². The highest BCUT2D eigenvalue weighted by molar-refractivity contribution is 5.30. The molecule has 1 rings (SSSR count). The maximum Gasteiger partial charge on any atom is -0.00615 e. The highest BCUT2D eigenvalue weighted by Gasteiger charge is 2.43. The highest BCUT2D eigenvalue weighted by Crippen LogP contribution is 2.54. The van der Waals surface area contributed by atoms with E-state index in [4.69, 9.17) is 0 Å². The van der Waals surface area contributed by atoms with Gasteiger partial charge in [0.25, 0.3) is 0 Å². The van der Waals surface area contributed by atoms with Crippen molar-refractivity contribution in [1.82, 2.24) is 0 Å². The number of hydrogen-bond donors (Lipinski definition) is 0. The molecule has 0 aromatic rings. The molecule has 0 atom stereocenters. The molecule has 0 nitrogen and oxygen atoms in total. The van der Waals surface area contributed by atoms with Crippen molar-refractivity contribution in [3.05, 3.63) is 11.6 Å². The van der Waals surface area contributed by atoms with Gasteiger partial charge in [0, 0.05) is 0 Å². The minimum atomic E-state index is 0.428. The van der Waals surface area contributed by atoms with E-state index in [1.165, 1.54) is 5.57 Å². The first-order valence-electron chi connectivity index (χ1n) is 3.58. The van der Waals surface area contributed by atoms with Crippen LogP contribution < -0.4 is 0 Å². The standard InChI is InChI=1S/C9H16/c1-7-6-8(2,3)9(7,4)5/h6H,1-5H3. The SMILES string of the molecule is CC1=CC(C)(C)C1(C)C. The fourth-order valence-corrected chi connectivity index (χ4v) is 1.33. The van der Waals surface area contributed by atoms with Gasteiger partial charge >= 0.3 is 0 Å². The molecule has 52 valence electrons. The van der Waals surface area contributed by atoms with Gasteiger partial charge in [0.2, 0.25) is 0 Å². The predicted octanol–water partition coefficient (Wildman–Crippen LogP) is 3.00. The Morgan fingerprint density at radius 3 is 1.56 bits per heavy atom. The molecule has 0 amide bonds. The third kappa shape index (κ3) is 0.654. The van der Waals surface area contributed by atoms with Crippen LogP contribution in [0.25, 0.3) is 0 Å². The lowest BCUT2D eigenvalue weighted by atomic mass is 9.55. The third-order valence-electron chi connectivity index (χ3n) is 3.17. The van der Waals surface area contributed by atoms with E-state index in [-0.39, 0.29) is 0 Å². The average Bonchev–Trinajstić information content (AvgIpc) is 1.65. The smallest absolute Gasteiger partial charge is 0.00615 e. The fraction of sp³-hybridized carbons (Fsp3) is 0.778. The van der Waals surface area contributed by atoms with Gasteiger partial charge in [-0.3, -0.25) is 0 Å². The van der Waals surface area contributed by atoms with Gasteiger partial charge in [0.05, 0.1) is 0 Å². The maximum atomic E-state index is 2.35. The molecule has 0 heteroatoms. The first-order valence-corrected chi connectivity index (χ1v) is 3.58. The summed E-state index contributed by atoms with van der Waals surface area (Å²) in [5.74, 6) is 0. The van der Waals surface area contributed by atoms with Crippen LogP contribution in [-0.2, 0) is 0 Å². The molecular formula is C9H16. The van der Waals surface area contributed by atoms with Crippen molar-refractivity contribution in [3.63, 3.8) is 0 Å². The second kappa shape index (κ2) is 1.42. The molecule has 0 saturated carbocycles. The van der Waals surface area contributed by atoms with Crippen LogP contribution in [0.5, 0.6) is 0 Å². The zero-order valence-corrected chi connectivity index (χ0v) is 7.08. The van der Waals surface area contributed by atoms with Crippen molar-refractivity contribution in [3.8, 4) is 0 Å². The fourth-order valence-electron chi connectivity index (χ4n) is 1.33. The first-order chi connectivity index (χ1) is 3.88. The van der Waals surface area contributed by atoms with Crippen LogP contribution in [0.3, 0.4) is 0 Å². The van der Waals surface area contributed by atoms with Gasteiger partial charge < -0.3 is 0 Å². The average molecular weight is 124 g/mol. The monoisotopic (exact) mass is 124 g/mol. The molecule has 0 bridgehead atoms. The molecule has 0 aliphatic heterocycles. The van der Waals surface area contributed by atoms with Gasteiger partial charge in [-0.25, -0.2) is 0 Å². The summed E-state index contributed by atoms with van der Waals surface area (Å²) in [6, 6.07) is 0. The van der Waals surface area contributed by atoms with Crippen molar-refractivity contribution in [2.24, 2.45) is 10.8 Å². The van der Waals surface area contributed by atoms with Crippen LogP contribution >= 0.6 is 0 Å². The molecule has 0 fully saturated rings. The van der Waals surface area contributed by atoms with Gasteiger partial charge in [-0.05, 0) is 17.8 Å². The quantitative estimate of drug-likeness (QED) is 0.435. The number of hydrogen-bond acceptors (Lipinski definition) is 0. The summed E-state index contributed by atoms with van der Waals surface area (Å²) in [4.78, 5) is 0. The van der Waals surface area contributed by atoms with Crippen molar-refractivity contribution in [2.45, 2.75) is 34.6 Å². The van der Waals surface area contributed by atoms with Crippen LogP contribution in [0.1, 0.15) is 34.6 Å². The Morgan fingerprint density at radius 1 is 1.11 bits per heavy atom.